The lowest BCUT2D eigenvalue weighted by Crippen LogP contribution is -2.12. The van der Waals surface area contributed by atoms with Crippen molar-refractivity contribution in [2.75, 3.05) is 9.80 Å². The molecule has 2 aliphatic carbocycles. The minimum Gasteiger partial charge on any atom is -0.454 e. The maximum absolute atomic E-state index is 6.84. The van der Waals surface area contributed by atoms with Gasteiger partial charge in [0.2, 0.25) is 0 Å². The molecule has 2 heterocycles. The van der Waals surface area contributed by atoms with Crippen LogP contribution in [-0.2, 0) is 0 Å². The molecule has 0 spiro atoms. The first-order valence-electron chi connectivity index (χ1n) is 20.7. The van der Waals surface area contributed by atoms with Gasteiger partial charge in [-0.25, -0.2) is 0 Å². The van der Waals surface area contributed by atoms with Crippen LogP contribution in [0.1, 0.15) is 34.8 Å². The monoisotopic (exact) mass is 758 g/mol. The van der Waals surface area contributed by atoms with E-state index < -0.39 is 0 Å². The lowest BCUT2D eigenvalue weighted by atomic mass is 9.91. The normalized spacial score (nSPS) is 15.8. The number of allylic oxidation sites excluding steroid dienone is 1. The van der Waals surface area contributed by atoms with Crippen LogP contribution in [-0.4, -0.2) is 0 Å². The Morgan fingerprint density at radius 3 is 1.68 bits per heavy atom. The van der Waals surface area contributed by atoms with Crippen molar-refractivity contribution in [1.82, 2.24) is 0 Å². The van der Waals surface area contributed by atoms with Crippen LogP contribution in [0.15, 0.2) is 173 Å². The fourth-order valence-corrected chi connectivity index (χ4v) is 10.2. The molecule has 13 rings (SSSR count). The second kappa shape index (κ2) is 12.1. The second-order valence-electron chi connectivity index (χ2n) is 16.6. The molecule has 1 saturated carbocycles. The van der Waals surface area contributed by atoms with Crippen molar-refractivity contribution in [3.8, 4) is 0 Å². The Morgan fingerprint density at radius 1 is 0.475 bits per heavy atom. The van der Waals surface area contributed by atoms with Crippen LogP contribution < -0.4 is 9.80 Å². The van der Waals surface area contributed by atoms with Crippen molar-refractivity contribution in [2.45, 2.75) is 26.2 Å². The highest BCUT2D eigenvalue weighted by molar-refractivity contribution is 6.28. The summed E-state index contributed by atoms with van der Waals surface area (Å²) in [6.45, 7) is 4.33. The Kier molecular flexibility index (Phi) is 6.72. The van der Waals surface area contributed by atoms with E-state index in [2.05, 4.69) is 187 Å². The molecule has 1 fully saturated rings. The topological polar surface area (TPSA) is 32.8 Å². The van der Waals surface area contributed by atoms with Crippen molar-refractivity contribution in [3.63, 3.8) is 0 Å². The summed E-state index contributed by atoms with van der Waals surface area (Å²) in [5.41, 5.74) is 12.9. The molecule has 2 unspecified atom stereocenters. The zero-order chi connectivity index (χ0) is 38.9. The van der Waals surface area contributed by atoms with Crippen LogP contribution in [0.5, 0.6) is 0 Å². The molecule has 2 aliphatic rings. The fourth-order valence-electron chi connectivity index (χ4n) is 10.2. The Labute approximate surface area is 341 Å². The third kappa shape index (κ3) is 4.77. The minimum absolute atomic E-state index is 0.556. The fraction of sp³-hybridized carbons (Fsp3) is 0.0909. The molecule has 0 bridgehead atoms. The first-order valence-corrected chi connectivity index (χ1v) is 20.7. The molecular weight excluding hydrogens is 721 g/mol. The maximum Gasteiger partial charge on any atom is 0.159 e. The van der Waals surface area contributed by atoms with Gasteiger partial charge in [0.1, 0.15) is 11.3 Å². The third-order valence-corrected chi connectivity index (χ3v) is 13.0. The SMILES string of the molecule is Cc1cccc(N(c2ccc3ccc4c(N(c5cccc(C)c5)c5cccc6c5oc5ccccc56)ccc5ccc2c3c54)c2cccc3c4c(oc23)C=CC2CC42)c1. The molecule has 11 aromatic rings. The summed E-state index contributed by atoms with van der Waals surface area (Å²) in [6.07, 6.45) is 5.74. The van der Waals surface area contributed by atoms with E-state index in [1.165, 1.54) is 60.8 Å². The van der Waals surface area contributed by atoms with Gasteiger partial charge in [0, 0.05) is 43.9 Å². The predicted molar refractivity (Wildman–Crippen MR) is 246 cm³/mol. The first-order chi connectivity index (χ1) is 29.1. The molecule has 280 valence electrons. The van der Waals surface area contributed by atoms with Gasteiger partial charge < -0.3 is 18.6 Å². The van der Waals surface area contributed by atoms with Crippen molar-refractivity contribution in [3.05, 3.63) is 186 Å². The van der Waals surface area contributed by atoms with Gasteiger partial charge in [-0.15, -0.1) is 0 Å². The van der Waals surface area contributed by atoms with E-state index in [4.69, 9.17) is 8.83 Å². The molecule has 2 atom stereocenters. The first kappa shape index (κ1) is 32.8. The Balaban J connectivity index is 1.08. The summed E-state index contributed by atoms with van der Waals surface area (Å²) in [7, 11) is 0. The highest BCUT2D eigenvalue weighted by Gasteiger charge is 2.43. The largest absolute Gasteiger partial charge is 0.454 e. The summed E-state index contributed by atoms with van der Waals surface area (Å²) in [4.78, 5) is 4.81. The quantitative estimate of drug-likeness (QED) is 0.158. The summed E-state index contributed by atoms with van der Waals surface area (Å²) in [6, 6.07) is 57.5. The molecule has 0 radical (unpaired) electrons. The van der Waals surface area contributed by atoms with E-state index in [-0.39, 0.29) is 0 Å². The van der Waals surface area contributed by atoms with E-state index in [1.54, 1.807) is 0 Å². The number of para-hydroxylation sites is 3. The predicted octanol–water partition coefficient (Wildman–Crippen LogP) is 15.9. The summed E-state index contributed by atoms with van der Waals surface area (Å²) < 4.78 is 13.5. The molecule has 4 nitrogen and oxygen atoms in total. The van der Waals surface area contributed by atoms with Crippen LogP contribution >= 0.6 is 0 Å². The van der Waals surface area contributed by atoms with Crippen molar-refractivity contribution in [1.29, 1.82) is 0 Å². The second-order valence-corrected chi connectivity index (χ2v) is 16.6. The molecule has 0 N–H and O–H groups in total. The highest BCUT2D eigenvalue weighted by Crippen LogP contribution is 2.57. The number of fused-ring (bicyclic) bond motifs is 8. The molecule has 0 aliphatic heterocycles. The average molecular weight is 759 g/mol. The zero-order valence-electron chi connectivity index (χ0n) is 32.7. The zero-order valence-corrected chi connectivity index (χ0v) is 32.7. The van der Waals surface area contributed by atoms with Gasteiger partial charge in [0.05, 0.1) is 22.7 Å². The van der Waals surface area contributed by atoms with Gasteiger partial charge in [-0.05, 0) is 125 Å². The number of hydrogen-bond donors (Lipinski definition) is 0. The summed E-state index contributed by atoms with van der Waals surface area (Å²) in [5, 5.41) is 10.7. The molecule has 4 heteroatoms. The number of aryl methyl sites for hydroxylation is 2. The van der Waals surface area contributed by atoms with Crippen LogP contribution in [0.25, 0.3) is 71.3 Å². The van der Waals surface area contributed by atoms with Gasteiger partial charge in [-0.3, -0.25) is 0 Å². The number of benzene rings is 9. The number of nitrogens with zero attached hydrogens (tertiary/aromatic N) is 2. The van der Waals surface area contributed by atoms with Crippen LogP contribution in [0.3, 0.4) is 0 Å². The van der Waals surface area contributed by atoms with Crippen molar-refractivity contribution in [2.24, 2.45) is 5.92 Å². The molecule has 2 aromatic heterocycles. The summed E-state index contributed by atoms with van der Waals surface area (Å²) >= 11 is 0. The van der Waals surface area contributed by atoms with E-state index in [1.807, 2.05) is 6.07 Å². The molecule has 0 saturated heterocycles. The van der Waals surface area contributed by atoms with E-state index >= 15 is 0 Å². The molecular formula is C55H38N2O2. The third-order valence-electron chi connectivity index (χ3n) is 13.0. The highest BCUT2D eigenvalue weighted by atomic mass is 16.3. The summed E-state index contributed by atoms with van der Waals surface area (Å²) in [5.74, 6) is 2.20. The lowest BCUT2D eigenvalue weighted by Gasteiger charge is -2.29. The Morgan fingerprint density at radius 2 is 1.03 bits per heavy atom. The van der Waals surface area contributed by atoms with Crippen LogP contribution in [0.4, 0.5) is 34.1 Å². The van der Waals surface area contributed by atoms with E-state index in [0.29, 0.717) is 11.8 Å². The standard InChI is InChI=1S/C55H38N2O2/c1-32-9-5-11-37(29-32)56(47-16-7-14-40-39-13-3-4-18-49(39)58-54(40)47)45-26-21-34-20-25-42-46(27-22-35-19-24-41(45)51(34)52(35)42)57(38-12-6-10-33(2)30-38)48-17-8-15-43-53-44-31-36(44)23-28-50(53)59-55(43)48/h3-30,36,44H,31H2,1-2H3. The molecule has 0 amide bonds. The average Bonchev–Trinajstić information content (AvgIpc) is 3.80. The van der Waals surface area contributed by atoms with Gasteiger partial charge in [-0.1, -0.05) is 109 Å². The van der Waals surface area contributed by atoms with Gasteiger partial charge in [0.25, 0.3) is 0 Å². The lowest BCUT2D eigenvalue weighted by molar-refractivity contribution is 0.596. The smallest absolute Gasteiger partial charge is 0.159 e. The van der Waals surface area contributed by atoms with Crippen LogP contribution in [0.2, 0.25) is 0 Å². The number of furan rings is 2. The van der Waals surface area contributed by atoms with Gasteiger partial charge in [0.15, 0.2) is 11.2 Å². The maximum atomic E-state index is 6.84. The van der Waals surface area contributed by atoms with Crippen molar-refractivity contribution < 1.29 is 8.83 Å². The van der Waals surface area contributed by atoms with Gasteiger partial charge in [-0.2, -0.15) is 0 Å². The molecule has 59 heavy (non-hydrogen) atoms. The number of anilines is 6. The van der Waals surface area contributed by atoms with Crippen molar-refractivity contribution >= 4 is 105 Å². The number of rotatable bonds is 6. The van der Waals surface area contributed by atoms with Gasteiger partial charge >= 0.3 is 0 Å². The minimum atomic E-state index is 0.556. The Hall–Kier alpha value is -7.30. The molecule has 9 aromatic carbocycles. The van der Waals surface area contributed by atoms with E-state index in [0.717, 1.165) is 67.4 Å². The van der Waals surface area contributed by atoms with Crippen LogP contribution in [0, 0.1) is 19.8 Å². The Bertz CT molecular complexity index is 3550. The van der Waals surface area contributed by atoms with E-state index in [9.17, 15) is 0 Å². The number of hydrogen-bond acceptors (Lipinski definition) is 4.